The number of hydrogen-bond acceptors (Lipinski definition) is 8. The van der Waals surface area contributed by atoms with Gasteiger partial charge in [-0.05, 0) is 19.1 Å². The van der Waals surface area contributed by atoms with Crippen LogP contribution in [0.25, 0.3) is 0 Å². The second-order valence-corrected chi connectivity index (χ2v) is 4.09. The first-order valence-electron chi connectivity index (χ1n) is 5.96. The number of anilines is 3. The summed E-state index contributed by atoms with van der Waals surface area (Å²) in [6.07, 6.45) is 0. The van der Waals surface area contributed by atoms with Crippen molar-refractivity contribution in [1.82, 2.24) is 9.97 Å². The third-order valence-corrected chi connectivity index (χ3v) is 2.70. The molecule has 4 N–H and O–H groups in total. The topological polar surface area (TPSA) is 128 Å². The van der Waals surface area contributed by atoms with E-state index in [1.54, 1.807) is 24.3 Å². The molecule has 0 spiro atoms. The Bertz CT molecular complexity index is 676. The third-order valence-electron chi connectivity index (χ3n) is 2.70. The minimum absolute atomic E-state index is 0.0497. The van der Waals surface area contributed by atoms with Crippen LogP contribution in [0.5, 0.6) is 5.75 Å². The molecular formula is C12H14N6O3. The van der Waals surface area contributed by atoms with Crippen LogP contribution in [0.3, 0.4) is 0 Å². The molecule has 0 fully saturated rings. The van der Waals surface area contributed by atoms with Crippen molar-refractivity contribution >= 4 is 23.1 Å². The Labute approximate surface area is 120 Å². The first kappa shape index (κ1) is 14.5. The van der Waals surface area contributed by atoms with Crippen molar-refractivity contribution in [2.75, 3.05) is 17.9 Å². The van der Waals surface area contributed by atoms with Gasteiger partial charge >= 0.3 is 5.69 Å². The molecule has 2 rings (SSSR count). The summed E-state index contributed by atoms with van der Waals surface area (Å²) in [5, 5.41) is 14.0. The lowest BCUT2D eigenvalue weighted by Crippen LogP contribution is -2.13. The summed E-state index contributed by atoms with van der Waals surface area (Å²) in [6.45, 7) is 1.51. The predicted octanol–water partition coefficient (Wildman–Crippen LogP) is 1.73. The molecule has 0 saturated heterocycles. The highest BCUT2D eigenvalue weighted by Crippen LogP contribution is 2.30. The van der Waals surface area contributed by atoms with Crippen molar-refractivity contribution < 1.29 is 9.66 Å². The van der Waals surface area contributed by atoms with Crippen LogP contribution in [0.15, 0.2) is 24.3 Å². The molecule has 0 aliphatic rings. The number of nitrogens with one attached hydrogen (secondary N) is 2. The van der Waals surface area contributed by atoms with Gasteiger partial charge in [0, 0.05) is 11.8 Å². The fourth-order valence-corrected chi connectivity index (χ4v) is 1.77. The number of ether oxygens (including phenoxy) is 1. The highest BCUT2D eigenvalue weighted by Gasteiger charge is 2.22. The number of nitro groups is 1. The van der Waals surface area contributed by atoms with E-state index >= 15 is 0 Å². The van der Waals surface area contributed by atoms with Crippen LogP contribution < -0.4 is 21.3 Å². The van der Waals surface area contributed by atoms with E-state index in [0.29, 0.717) is 11.4 Å². The highest BCUT2D eigenvalue weighted by molar-refractivity contribution is 5.68. The molecule has 110 valence electrons. The molecule has 1 aromatic carbocycles. The first-order valence-corrected chi connectivity index (χ1v) is 5.96. The summed E-state index contributed by atoms with van der Waals surface area (Å²) in [5.74, 6) is 6.01. The lowest BCUT2D eigenvalue weighted by atomic mass is 10.3. The Balaban J connectivity index is 2.46. The van der Waals surface area contributed by atoms with E-state index in [9.17, 15) is 10.1 Å². The monoisotopic (exact) mass is 290 g/mol. The van der Waals surface area contributed by atoms with Crippen molar-refractivity contribution in [2.45, 2.75) is 6.92 Å². The van der Waals surface area contributed by atoms with Crippen LogP contribution in [0.4, 0.5) is 23.1 Å². The Hall–Kier alpha value is -2.94. The Morgan fingerprint density at radius 2 is 2.14 bits per heavy atom. The van der Waals surface area contributed by atoms with Crippen LogP contribution in [-0.2, 0) is 0 Å². The summed E-state index contributed by atoms with van der Waals surface area (Å²) in [5.41, 5.74) is 2.86. The molecule has 0 saturated carbocycles. The molecule has 9 nitrogen and oxygen atoms in total. The summed E-state index contributed by atoms with van der Waals surface area (Å²) < 4.78 is 5.10. The van der Waals surface area contributed by atoms with E-state index in [0.717, 1.165) is 0 Å². The molecule has 0 aliphatic heterocycles. The molecule has 0 unspecified atom stereocenters. The normalized spacial score (nSPS) is 10.0. The van der Waals surface area contributed by atoms with Crippen molar-refractivity contribution in [3.63, 3.8) is 0 Å². The standard InChI is InChI=1S/C12H14N6O3/c1-7-10(18(19)20)11(16-12(14-7)17-13)15-8-4-3-5-9(6-8)21-2/h3-6H,13H2,1-2H3,(H2,14,15,16,17). The van der Waals surface area contributed by atoms with Gasteiger partial charge in [0.2, 0.25) is 11.8 Å². The number of benzene rings is 1. The van der Waals surface area contributed by atoms with E-state index in [1.165, 1.54) is 14.0 Å². The SMILES string of the molecule is COc1cccc(Nc2nc(NN)nc(C)c2[N+](=O)[O-])c1. The number of rotatable bonds is 5. The van der Waals surface area contributed by atoms with E-state index in [2.05, 4.69) is 20.7 Å². The van der Waals surface area contributed by atoms with Gasteiger partial charge in [-0.2, -0.15) is 4.98 Å². The second kappa shape index (κ2) is 6.01. The molecule has 9 heteroatoms. The van der Waals surface area contributed by atoms with Crippen molar-refractivity contribution in [3.05, 3.63) is 40.1 Å². The van der Waals surface area contributed by atoms with Crippen molar-refractivity contribution in [3.8, 4) is 5.75 Å². The smallest absolute Gasteiger partial charge is 0.332 e. The summed E-state index contributed by atoms with van der Waals surface area (Å²) >= 11 is 0. The molecule has 0 aliphatic carbocycles. The van der Waals surface area contributed by atoms with Gasteiger partial charge in [-0.1, -0.05) is 6.07 Å². The maximum absolute atomic E-state index is 11.2. The molecule has 0 radical (unpaired) electrons. The van der Waals surface area contributed by atoms with Crippen LogP contribution in [0.2, 0.25) is 0 Å². The number of nitrogens with two attached hydrogens (primary N) is 1. The number of nitrogens with zero attached hydrogens (tertiary/aromatic N) is 3. The Morgan fingerprint density at radius 1 is 1.38 bits per heavy atom. The molecule has 1 aromatic heterocycles. The Kier molecular flexibility index (Phi) is 4.14. The van der Waals surface area contributed by atoms with E-state index in [-0.39, 0.29) is 23.1 Å². The van der Waals surface area contributed by atoms with Gasteiger partial charge in [0.1, 0.15) is 11.4 Å². The number of methoxy groups -OCH3 is 1. The summed E-state index contributed by atoms with van der Waals surface area (Å²) in [6, 6.07) is 6.94. The van der Waals surface area contributed by atoms with Gasteiger partial charge in [0.05, 0.1) is 12.0 Å². The molecule has 0 bridgehead atoms. The average Bonchev–Trinajstić information content (AvgIpc) is 2.46. The van der Waals surface area contributed by atoms with E-state index in [1.807, 2.05) is 0 Å². The zero-order valence-electron chi connectivity index (χ0n) is 11.5. The summed E-state index contributed by atoms with van der Waals surface area (Å²) in [7, 11) is 1.53. The maximum Gasteiger partial charge on any atom is 0.332 e. The minimum atomic E-state index is -0.544. The van der Waals surface area contributed by atoms with E-state index in [4.69, 9.17) is 10.6 Å². The highest BCUT2D eigenvalue weighted by atomic mass is 16.6. The van der Waals surface area contributed by atoms with Crippen LogP contribution in [0.1, 0.15) is 5.69 Å². The largest absolute Gasteiger partial charge is 0.497 e. The molecule has 1 heterocycles. The van der Waals surface area contributed by atoms with Crippen LogP contribution in [-0.4, -0.2) is 22.0 Å². The van der Waals surface area contributed by atoms with Gasteiger partial charge < -0.3 is 10.1 Å². The van der Waals surface area contributed by atoms with Crippen LogP contribution in [0, 0.1) is 17.0 Å². The van der Waals surface area contributed by atoms with Gasteiger partial charge in [0.15, 0.2) is 0 Å². The lowest BCUT2D eigenvalue weighted by molar-refractivity contribution is -0.385. The van der Waals surface area contributed by atoms with Crippen LogP contribution >= 0.6 is 0 Å². The third kappa shape index (κ3) is 3.15. The number of aromatic nitrogens is 2. The first-order chi connectivity index (χ1) is 10.0. The van der Waals surface area contributed by atoms with Gasteiger partial charge in [0.25, 0.3) is 0 Å². The molecule has 0 amide bonds. The zero-order valence-corrected chi connectivity index (χ0v) is 11.5. The van der Waals surface area contributed by atoms with Gasteiger partial charge in [-0.3, -0.25) is 15.5 Å². The minimum Gasteiger partial charge on any atom is -0.497 e. The molecule has 0 atom stereocenters. The maximum atomic E-state index is 11.2. The van der Waals surface area contributed by atoms with E-state index < -0.39 is 4.92 Å². The van der Waals surface area contributed by atoms with Gasteiger partial charge in [-0.15, -0.1) is 0 Å². The number of aryl methyl sites for hydroxylation is 1. The Morgan fingerprint density at radius 3 is 2.76 bits per heavy atom. The molecular weight excluding hydrogens is 276 g/mol. The fraction of sp³-hybridized carbons (Fsp3) is 0.167. The number of hydrogen-bond donors (Lipinski definition) is 3. The molecule has 21 heavy (non-hydrogen) atoms. The number of hydrazine groups is 1. The predicted molar refractivity (Wildman–Crippen MR) is 77.5 cm³/mol. The average molecular weight is 290 g/mol. The second-order valence-electron chi connectivity index (χ2n) is 4.09. The van der Waals surface area contributed by atoms with Crippen molar-refractivity contribution in [2.24, 2.45) is 5.84 Å². The number of nitrogen functional groups attached to an aromatic ring is 1. The fourth-order valence-electron chi connectivity index (χ4n) is 1.77. The zero-order chi connectivity index (χ0) is 15.4. The lowest BCUT2D eigenvalue weighted by Gasteiger charge is -2.10. The summed E-state index contributed by atoms with van der Waals surface area (Å²) in [4.78, 5) is 18.5. The quantitative estimate of drug-likeness (QED) is 0.431. The van der Waals surface area contributed by atoms with Crippen molar-refractivity contribution in [1.29, 1.82) is 0 Å². The molecule has 2 aromatic rings. The van der Waals surface area contributed by atoms with Gasteiger partial charge in [-0.25, -0.2) is 10.8 Å².